The van der Waals surface area contributed by atoms with Gasteiger partial charge in [0, 0.05) is 60.6 Å². The number of aromatic nitrogens is 6. The molecule has 4 aromatic rings. The lowest BCUT2D eigenvalue weighted by atomic mass is 9.69. The van der Waals surface area contributed by atoms with E-state index in [0.29, 0.717) is 24.8 Å². The maximum absolute atomic E-state index is 13.6. The third-order valence-corrected chi connectivity index (χ3v) is 8.59. The molecule has 0 spiro atoms. The van der Waals surface area contributed by atoms with Crippen molar-refractivity contribution < 1.29 is 17.9 Å². The lowest BCUT2D eigenvalue weighted by Crippen LogP contribution is -2.58. The molecule has 0 unspecified atom stereocenters. The fraction of sp³-hybridized carbons (Fsp3) is 0.516. The minimum atomic E-state index is -4.56. The number of hydrogen-bond donors (Lipinski definition) is 2. The Morgan fingerprint density at radius 1 is 1.16 bits per heavy atom. The first-order chi connectivity index (χ1) is 20.9. The summed E-state index contributed by atoms with van der Waals surface area (Å²) in [7, 11) is 0. The zero-order valence-corrected chi connectivity index (χ0v) is 25.0. The highest BCUT2D eigenvalue weighted by Gasteiger charge is 2.49. The molecule has 44 heavy (non-hydrogen) atoms. The molecule has 2 N–H and O–H groups in total. The SMILES string of the molecule is CC(C)(C)NCc1cc(OC2CCN([C@H]3C[C@@](CC#N)(n4cc(-c5ncnc6[nH]ccc56)cn4)C3)CC2)nc(C(F)(F)F)c1. The molecule has 13 heteroatoms. The molecule has 2 aliphatic rings. The quantitative estimate of drug-likeness (QED) is 0.272. The lowest BCUT2D eigenvalue weighted by molar-refractivity contribution is -0.141. The van der Waals surface area contributed by atoms with Crippen LogP contribution >= 0.6 is 0 Å². The van der Waals surface area contributed by atoms with Gasteiger partial charge in [-0.05, 0) is 64.2 Å². The van der Waals surface area contributed by atoms with Gasteiger partial charge in [-0.1, -0.05) is 0 Å². The first-order valence-corrected chi connectivity index (χ1v) is 14.9. The zero-order valence-electron chi connectivity index (χ0n) is 25.0. The Morgan fingerprint density at radius 2 is 1.93 bits per heavy atom. The molecule has 0 radical (unpaired) electrons. The normalized spacial score (nSPS) is 21.7. The third-order valence-electron chi connectivity index (χ3n) is 8.59. The maximum atomic E-state index is 13.6. The number of halogens is 3. The number of nitrogens with zero attached hydrogens (tertiary/aromatic N) is 7. The number of nitriles is 1. The standard InChI is InChI=1S/C31H36F3N9O/c1-29(2,3)39-16-20-12-25(31(32,33)34)41-26(13-20)44-23-5-10-42(11-6-23)22-14-30(15-22,7-8-35)43-18-21(17-40-43)27-24-4-9-36-28(24)38-19-37-27/h4,9,12-13,17-19,22-23,39H,5-7,10-11,14-16H2,1-3H3,(H,36,37,38)/t22-,30+. The first kappa shape index (κ1) is 30.0. The molecule has 0 aromatic carbocycles. The highest BCUT2D eigenvalue weighted by Crippen LogP contribution is 2.45. The van der Waals surface area contributed by atoms with Crippen LogP contribution in [0.15, 0.2) is 43.1 Å². The van der Waals surface area contributed by atoms with Gasteiger partial charge in [0.25, 0.3) is 0 Å². The fourth-order valence-corrected chi connectivity index (χ4v) is 6.21. The molecule has 0 atom stereocenters. The van der Waals surface area contributed by atoms with Crippen LogP contribution < -0.4 is 10.1 Å². The minimum Gasteiger partial charge on any atom is -0.474 e. The molecule has 232 valence electrons. The van der Waals surface area contributed by atoms with Crippen molar-refractivity contribution in [3.05, 3.63) is 54.4 Å². The van der Waals surface area contributed by atoms with Crippen LogP contribution in [-0.4, -0.2) is 65.4 Å². The van der Waals surface area contributed by atoms with Crippen LogP contribution in [0.5, 0.6) is 5.88 Å². The molecule has 0 amide bonds. The van der Waals surface area contributed by atoms with E-state index in [4.69, 9.17) is 4.74 Å². The Bertz CT molecular complexity index is 1650. The number of pyridine rings is 1. The molecular formula is C31H36F3N9O. The smallest absolute Gasteiger partial charge is 0.433 e. The largest absolute Gasteiger partial charge is 0.474 e. The first-order valence-electron chi connectivity index (χ1n) is 14.9. The molecule has 1 aliphatic heterocycles. The molecule has 0 bridgehead atoms. The average Bonchev–Trinajstić information content (AvgIpc) is 3.64. The van der Waals surface area contributed by atoms with E-state index in [0.717, 1.165) is 54.3 Å². The Kier molecular flexibility index (Phi) is 7.83. The summed E-state index contributed by atoms with van der Waals surface area (Å²) < 4.78 is 48.7. The van der Waals surface area contributed by atoms with E-state index in [1.807, 2.05) is 43.9 Å². The van der Waals surface area contributed by atoms with Crippen LogP contribution in [0.2, 0.25) is 0 Å². The zero-order chi connectivity index (χ0) is 31.1. The second kappa shape index (κ2) is 11.5. The molecule has 1 saturated heterocycles. The summed E-state index contributed by atoms with van der Waals surface area (Å²) in [5.74, 6) is 0.00996. The lowest BCUT2D eigenvalue weighted by Gasteiger charge is -2.52. The van der Waals surface area contributed by atoms with Gasteiger partial charge in [-0.2, -0.15) is 23.5 Å². The van der Waals surface area contributed by atoms with Crippen LogP contribution in [0.25, 0.3) is 22.3 Å². The summed E-state index contributed by atoms with van der Waals surface area (Å²) in [6, 6.07) is 7.26. The number of rotatable bonds is 8. The van der Waals surface area contributed by atoms with Gasteiger partial charge in [-0.3, -0.25) is 9.58 Å². The van der Waals surface area contributed by atoms with E-state index in [9.17, 15) is 18.4 Å². The van der Waals surface area contributed by atoms with Gasteiger partial charge in [0.05, 0.1) is 29.9 Å². The predicted octanol–water partition coefficient (Wildman–Crippen LogP) is 5.44. The third kappa shape index (κ3) is 6.27. The number of hydrogen-bond acceptors (Lipinski definition) is 8. The van der Waals surface area contributed by atoms with Gasteiger partial charge >= 0.3 is 6.18 Å². The summed E-state index contributed by atoms with van der Waals surface area (Å²) in [6.45, 7) is 7.68. The summed E-state index contributed by atoms with van der Waals surface area (Å²) in [6.07, 6.45) is 5.62. The van der Waals surface area contributed by atoms with E-state index < -0.39 is 17.4 Å². The van der Waals surface area contributed by atoms with Gasteiger partial charge in [0.2, 0.25) is 5.88 Å². The van der Waals surface area contributed by atoms with E-state index >= 15 is 0 Å². The van der Waals surface area contributed by atoms with E-state index in [-0.39, 0.29) is 30.1 Å². The van der Waals surface area contributed by atoms with Crippen LogP contribution in [0.3, 0.4) is 0 Å². The topological polar surface area (TPSA) is 121 Å². The molecule has 1 saturated carbocycles. The summed E-state index contributed by atoms with van der Waals surface area (Å²) in [5, 5.41) is 18.5. The average molecular weight is 608 g/mol. The van der Waals surface area contributed by atoms with Crippen molar-refractivity contribution in [1.82, 2.24) is 39.9 Å². The van der Waals surface area contributed by atoms with E-state index in [1.54, 1.807) is 12.3 Å². The summed E-state index contributed by atoms with van der Waals surface area (Å²) in [4.78, 5) is 18.0. The number of H-pyrrole nitrogens is 1. The van der Waals surface area contributed by atoms with Crippen molar-refractivity contribution in [2.24, 2.45) is 0 Å². The minimum absolute atomic E-state index is 0.00996. The monoisotopic (exact) mass is 607 g/mol. The summed E-state index contributed by atoms with van der Waals surface area (Å²) >= 11 is 0. The maximum Gasteiger partial charge on any atom is 0.433 e. The highest BCUT2D eigenvalue weighted by molar-refractivity contribution is 5.90. The Morgan fingerprint density at radius 3 is 2.64 bits per heavy atom. The van der Waals surface area contributed by atoms with Gasteiger partial charge in [-0.25, -0.2) is 15.0 Å². The van der Waals surface area contributed by atoms with E-state index in [2.05, 4.69) is 41.3 Å². The Balaban J connectivity index is 1.08. The molecule has 2 fully saturated rings. The summed E-state index contributed by atoms with van der Waals surface area (Å²) in [5.41, 5.74) is 1.32. The molecule has 10 nitrogen and oxygen atoms in total. The van der Waals surface area contributed by atoms with Crippen molar-refractivity contribution in [3.63, 3.8) is 0 Å². The van der Waals surface area contributed by atoms with Gasteiger partial charge in [-0.15, -0.1) is 0 Å². The number of likely N-dealkylation sites (tertiary alicyclic amines) is 1. The second-order valence-electron chi connectivity index (χ2n) is 12.9. The Labute approximate surface area is 253 Å². The van der Waals surface area contributed by atoms with Crippen molar-refractivity contribution in [2.75, 3.05) is 13.1 Å². The molecule has 5 heterocycles. The van der Waals surface area contributed by atoms with Crippen molar-refractivity contribution in [3.8, 4) is 23.2 Å². The van der Waals surface area contributed by atoms with Gasteiger partial charge < -0.3 is 15.0 Å². The molecule has 1 aliphatic carbocycles. The Hall–Kier alpha value is -4.02. The number of fused-ring (bicyclic) bond motifs is 1. The van der Waals surface area contributed by atoms with Gasteiger partial charge in [0.1, 0.15) is 23.8 Å². The molecule has 6 rings (SSSR count). The number of aromatic amines is 1. The highest BCUT2D eigenvalue weighted by atomic mass is 19.4. The van der Waals surface area contributed by atoms with Crippen LogP contribution in [0, 0.1) is 11.3 Å². The number of nitrogens with one attached hydrogen (secondary N) is 2. The van der Waals surface area contributed by atoms with Crippen molar-refractivity contribution in [1.29, 1.82) is 5.26 Å². The van der Waals surface area contributed by atoms with Crippen LogP contribution in [-0.2, 0) is 18.3 Å². The number of alkyl halides is 3. The van der Waals surface area contributed by atoms with Crippen LogP contribution in [0.1, 0.15) is 64.1 Å². The number of ether oxygens (including phenoxy) is 1. The van der Waals surface area contributed by atoms with Gasteiger partial charge in [0.15, 0.2) is 0 Å². The predicted molar refractivity (Wildman–Crippen MR) is 157 cm³/mol. The second-order valence-corrected chi connectivity index (χ2v) is 12.9. The fourth-order valence-electron chi connectivity index (χ4n) is 6.21. The van der Waals surface area contributed by atoms with Crippen molar-refractivity contribution in [2.45, 2.75) is 88.8 Å². The number of piperidine rings is 1. The molecular weight excluding hydrogens is 571 g/mol. The van der Waals surface area contributed by atoms with Crippen molar-refractivity contribution >= 4 is 11.0 Å². The van der Waals surface area contributed by atoms with Crippen LogP contribution in [0.4, 0.5) is 13.2 Å². The molecule has 4 aromatic heterocycles. The van der Waals surface area contributed by atoms with E-state index in [1.165, 1.54) is 6.33 Å².